The van der Waals surface area contributed by atoms with Gasteiger partial charge in [0.1, 0.15) is 5.75 Å². The van der Waals surface area contributed by atoms with Crippen LogP contribution in [0.3, 0.4) is 0 Å². The van der Waals surface area contributed by atoms with Crippen LogP contribution in [0.15, 0.2) is 54.6 Å². The Morgan fingerprint density at radius 3 is 2.13 bits per heavy atom. The van der Waals surface area contributed by atoms with Crippen molar-refractivity contribution in [1.29, 1.82) is 0 Å². The molecule has 5 heteroatoms. The summed E-state index contributed by atoms with van der Waals surface area (Å²) in [5, 5.41) is 0. The summed E-state index contributed by atoms with van der Waals surface area (Å²) in [6.07, 6.45) is 0. The first-order chi connectivity index (χ1) is 11.0. The summed E-state index contributed by atoms with van der Waals surface area (Å²) in [6, 6.07) is 16.3. The minimum absolute atomic E-state index is 0.274. The number of urea groups is 1. The second-order valence-corrected chi connectivity index (χ2v) is 5.51. The van der Waals surface area contributed by atoms with E-state index in [4.69, 9.17) is 4.74 Å². The van der Waals surface area contributed by atoms with Gasteiger partial charge in [0.15, 0.2) is 5.54 Å². The number of ether oxygens (including phenoxy) is 1. The number of carbonyl (C=O) groups is 2. The summed E-state index contributed by atoms with van der Waals surface area (Å²) in [5.41, 5.74) is 0.272. The van der Waals surface area contributed by atoms with Crippen molar-refractivity contribution in [2.75, 3.05) is 21.2 Å². The van der Waals surface area contributed by atoms with E-state index in [9.17, 15) is 9.59 Å². The minimum Gasteiger partial charge on any atom is -0.497 e. The molecule has 1 aliphatic rings. The summed E-state index contributed by atoms with van der Waals surface area (Å²) in [6.45, 7) is 0. The van der Waals surface area contributed by atoms with E-state index in [2.05, 4.69) is 0 Å². The molecule has 0 bridgehead atoms. The second-order valence-electron chi connectivity index (χ2n) is 5.51. The van der Waals surface area contributed by atoms with Crippen LogP contribution in [-0.4, -0.2) is 42.9 Å². The van der Waals surface area contributed by atoms with E-state index in [0.29, 0.717) is 11.3 Å². The lowest BCUT2D eigenvalue weighted by Crippen LogP contribution is -2.45. The lowest BCUT2D eigenvalue weighted by atomic mass is 9.81. The zero-order chi connectivity index (χ0) is 16.6. The van der Waals surface area contributed by atoms with Crippen molar-refractivity contribution >= 4 is 11.9 Å². The molecule has 0 radical (unpaired) electrons. The van der Waals surface area contributed by atoms with Crippen LogP contribution >= 0.6 is 0 Å². The highest BCUT2D eigenvalue weighted by atomic mass is 16.5. The number of likely N-dealkylation sites (N-methyl/N-ethyl adjacent to an activating group) is 2. The smallest absolute Gasteiger partial charge is 0.327 e. The van der Waals surface area contributed by atoms with Crippen molar-refractivity contribution in [3.63, 3.8) is 0 Å². The first-order valence-corrected chi connectivity index (χ1v) is 7.29. The minimum atomic E-state index is -1.18. The van der Waals surface area contributed by atoms with Crippen LogP contribution in [-0.2, 0) is 10.3 Å². The van der Waals surface area contributed by atoms with Gasteiger partial charge in [0.2, 0.25) is 0 Å². The molecule has 23 heavy (non-hydrogen) atoms. The molecule has 2 aromatic carbocycles. The molecule has 1 saturated heterocycles. The fourth-order valence-electron chi connectivity index (χ4n) is 3.17. The monoisotopic (exact) mass is 310 g/mol. The maximum Gasteiger partial charge on any atom is 0.327 e. The fourth-order valence-corrected chi connectivity index (χ4v) is 3.17. The summed E-state index contributed by atoms with van der Waals surface area (Å²) < 4.78 is 5.29. The van der Waals surface area contributed by atoms with Gasteiger partial charge in [0.05, 0.1) is 7.11 Å². The lowest BCUT2D eigenvalue weighted by molar-refractivity contribution is -0.130. The van der Waals surface area contributed by atoms with E-state index in [-0.39, 0.29) is 11.9 Å². The third kappa shape index (κ3) is 2.00. The van der Waals surface area contributed by atoms with E-state index < -0.39 is 5.54 Å². The highest BCUT2D eigenvalue weighted by molar-refractivity contribution is 6.09. The lowest BCUT2D eigenvalue weighted by Gasteiger charge is -2.34. The van der Waals surface area contributed by atoms with Crippen molar-refractivity contribution in [2.45, 2.75) is 5.54 Å². The molecule has 3 amide bonds. The zero-order valence-corrected chi connectivity index (χ0v) is 13.3. The molecular weight excluding hydrogens is 292 g/mol. The second kappa shape index (κ2) is 5.43. The van der Waals surface area contributed by atoms with Crippen LogP contribution in [0.2, 0.25) is 0 Å². The Balaban J connectivity index is 2.31. The number of rotatable bonds is 3. The quantitative estimate of drug-likeness (QED) is 0.818. The molecule has 0 aliphatic carbocycles. The van der Waals surface area contributed by atoms with Gasteiger partial charge in [-0.25, -0.2) is 4.79 Å². The Morgan fingerprint density at radius 1 is 0.913 bits per heavy atom. The van der Waals surface area contributed by atoms with Crippen LogP contribution in [0.1, 0.15) is 11.1 Å². The molecular formula is C18H18N2O3. The molecule has 5 nitrogen and oxygen atoms in total. The van der Waals surface area contributed by atoms with Crippen molar-refractivity contribution in [3.8, 4) is 5.75 Å². The number of benzene rings is 2. The van der Waals surface area contributed by atoms with Gasteiger partial charge in [-0.3, -0.25) is 9.69 Å². The van der Waals surface area contributed by atoms with Crippen LogP contribution in [0.4, 0.5) is 4.79 Å². The van der Waals surface area contributed by atoms with E-state index in [0.717, 1.165) is 10.5 Å². The number of methoxy groups -OCH3 is 1. The number of nitrogens with zero attached hydrogens (tertiary/aromatic N) is 2. The average molecular weight is 310 g/mol. The average Bonchev–Trinajstić information content (AvgIpc) is 2.77. The predicted octanol–water partition coefficient (Wildman–Crippen LogP) is 2.46. The molecule has 1 atom stereocenters. The first-order valence-electron chi connectivity index (χ1n) is 7.29. The van der Waals surface area contributed by atoms with Gasteiger partial charge in [0, 0.05) is 14.1 Å². The molecule has 0 aromatic heterocycles. The summed E-state index contributed by atoms with van der Waals surface area (Å²) in [5.74, 6) is 0.366. The Labute approximate surface area is 135 Å². The van der Waals surface area contributed by atoms with Gasteiger partial charge < -0.3 is 9.64 Å². The fraction of sp³-hybridized carbons (Fsp3) is 0.222. The predicted molar refractivity (Wildman–Crippen MR) is 86.1 cm³/mol. The number of carbonyl (C=O) groups excluding carboxylic acids is 2. The highest BCUT2D eigenvalue weighted by Crippen LogP contribution is 2.42. The van der Waals surface area contributed by atoms with Gasteiger partial charge in [-0.2, -0.15) is 0 Å². The Kier molecular flexibility index (Phi) is 3.56. The molecule has 1 heterocycles. The van der Waals surface area contributed by atoms with E-state index >= 15 is 0 Å². The van der Waals surface area contributed by atoms with Crippen LogP contribution < -0.4 is 4.74 Å². The zero-order valence-electron chi connectivity index (χ0n) is 13.3. The summed E-state index contributed by atoms with van der Waals surface area (Å²) in [4.78, 5) is 28.1. The van der Waals surface area contributed by atoms with Crippen LogP contribution in [0, 0.1) is 0 Å². The SMILES string of the molecule is COc1cccc(C2(c3ccccc3)C(=O)N(C)C(=O)N2C)c1. The molecule has 3 rings (SSSR count). The largest absolute Gasteiger partial charge is 0.497 e. The van der Waals surface area contributed by atoms with Gasteiger partial charge in [-0.15, -0.1) is 0 Å². The molecule has 1 fully saturated rings. The molecule has 0 saturated carbocycles. The number of imide groups is 1. The Hall–Kier alpha value is -2.82. The maximum atomic E-state index is 13.1. The van der Waals surface area contributed by atoms with Gasteiger partial charge in [0.25, 0.3) is 5.91 Å². The summed E-state index contributed by atoms with van der Waals surface area (Å²) >= 11 is 0. The number of hydrogen-bond acceptors (Lipinski definition) is 3. The number of amides is 3. The van der Waals surface area contributed by atoms with Crippen molar-refractivity contribution < 1.29 is 14.3 Å². The normalized spacial score (nSPS) is 21.0. The molecule has 0 N–H and O–H groups in total. The van der Waals surface area contributed by atoms with Gasteiger partial charge in [-0.05, 0) is 23.3 Å². The Morgan fingerprint density at radius 2 is 1.57 bits per heavy atom. The third-order valence-electron chi connectivity index (χ3n) is 4.37. The van der Waals surface area contributed by atoms with Gasteiger partial charge >= 0.3 is 6.03 Å². The van der Waals surface area contributed by atoms with Crippen molar-refractivity contribution in [2.24, 2.45) is 0 Å². The van der Waals surface area contributed by atoms with Crippen molar-refractivity contribution in [1.82, 2.24) is 9.80 Å². The van der Waals surface area contributed by atoms with E-state index in [1.807, 2.05) is 48.5 Å². The highest BCUT2D eigenvalue weighted by Gasteiger charge is 2.56. The van der Waals surface area contributed by atoms with Crippen molar-refractivity contribution in [3.05, 3.63) is 65.7 Å². The summed E-state index contributed by atoms with van der Waals surface area (Å²) in [7, 11) is 4.73. The van der Waals surface area contributed by atoms with Crippen LogP contribution in [0.25, 0.3) is 0 Å². The topological polar surface area (TPSA) is 49.9 Å². The maximum absolute atomic E-state index is 13.1. The van der Waals surface area contributed by atoms with E-state index in [1.165, 1.54) is 11.9 Å². The standard InChI is InChI=1S/C18H18N2O3/c1-19-16(21)18(20(2)17(19)22,13-8-5-4-6-9-13)14-10-7-11-15(12-14)23-3/h4-12H,1-3H3. The first kappa shape index (κ1) is 15.1. The van der Waals surface area contributed by atoms with Crippen LogP contribution in [0.5, 0.6) is 5.75 Å². The van der Waals surface area contributed by atoms with Gasteiger partial charge in [-0.1, -0.05) is 42.5 Å². The molecule has 1 aliphatic heterocycles. The third-order valence-corrected chi connectivity index (χ3v) is 4.37. The molecule has 1 unspecified atom stereocenters. The Bertz CT molecular complexity index is 760. The molecule has 0 spiro atoms. The van der Waals surface area contributed by atoms with E-state index in [1.54, 1.807) is 20.2 Å². The number of hydrogen-bond donors (Lipinski definition) is 0. The molecule has 2 aromatic rings. The molecule has 118 valence electrons.